The Morgan fingerprint density at radius 1 is 0.919 bits per heavy atom. The first kappa shape index (κ1) is 24.8. The van der Waals surface area contributed by atoms with Gasteiger partial charge in [0.25, 0.3) is 0 Å². The van der Waals surface area contributed by atoms with Gasteiger partial charge < -0.3 is 24.3 Å². The third kappa shape index (κ3) is 4.79. The van der Waals surface area contributed by atoms with Gasteiger partial charge in [0.15, 0.2) is 5.11 Å². The number of nitrogens with one attached hydrogen (secondary N) is 1. The van der Waals surface area contributed by atoms with E-state index in [1.54, 1.807) is 7.11 Å². The molecule has 2 aromatic heterocycles. The predicted molar refractivity (Wildman–Crippen MR) is 152 cm³/mol. The van der Waals surface area contributed by atoms with Gasteiger partial charge in [-0.05, 0) is 112 Å². The van der Waals surface area contributed by atoms with E-state index < -0.39 is 0 Å². The fourth-order valence-electron chi connectivity index (χ4n) is 5.30. The van der Waals surface area contributed by atoms with Crippen LogP contribution < -0.4 is 19.7 Å². The molecule has 0 spiro atoms. The van der Waals surface area contributed by atoms with E-state index in [9.17, 15) is 0 Å². The van der Waals surface area contributed by atoms with Crippen LogP contribution in [0.1, 0.15) is 54.6 Å². The molecule has 0 bridgehead atoms. The van der Waals surface area contributed by atoms with E-state index in [-0.39, 0.29) is 12.1 Å². The molecule has 5 rings (SSSR count). The van der Waals surface area contributed by atoms with E-state index in [4.69, 9.17) is 21.7 Å². The molecule has 0 amide bonds. The van der Waals surface area contributed by atoms with Crippen LogP contribution in [0.15, 0.2) is 79.0 Å². The van der Waals surface area contributed by atoms with Crippen LogP contribution in [-0.2, 0) is 0 Å². The van der Waals surface area contributed by atoms with Crippen molar-refractivity contribution in [2.45, 2.75) is 45.8 Å². The van der Waals surface area contributed by atoms with Crippen molar-refractivity contribution in [3.8, 4) is 17.2 Å². The highest BCUT2D eigenvalue weighted by molar-refractivity contribution is 7.80. The Bertz CT molecular complexity index is 1380. The Kier molecular flexibility index (Phi) is 6.89. The Morgan fingerprint density at radius 3 is 2.14 bits per heavy atom. The molecule has 1 fully saturated rings. The molecule has 0 unspecified atom stereocenters. The number of hydrogen-bond acceptors (Lipinski definition) is 4. The molecule has 0 aliphatic carbocycles. The zero-order valence-corrected chi connectivity index (χ0v) is 22.6. The summed E-state index contributed by atoms with van der Waals surface area (Å²) < 4.78 is 13.7. The number of nitrogens with zero attached hydrogens (tertiary/aromatic N) is 3. The first-order valence-corrected chi connectivity index (χ1v) is 12.9. The first-order valence-electron chi connectivity index (χ1n) is 12.5. The van der Waals surface area contributed by atoms with Gasteiger partial charge in [-0.25, -0.2) is 0 Å². The minimum Gasteiger partial charge on any atom is -0.497 e. The third-order valence-corrected chi connectivity index (χ3v) is 7.18. The van der Waals surface area contributed by atoms with Crippen molar-refractivity contribution in [1.82, 2.24) is 14.9 Å². The number of pyridine rings is 1. The number of thiocarbonyl (C=S) groups is 1. The number of rotatable bonds is 7. The van der Waals surface area contributed by atoms with Crippen LogP contribution in [0.25, 0.3) is 0 Å². The molecule has 7 heteroatoms. The van der Waals surface area contributed by atoms with Crippen molar-refractivity contribution in [3.63, 3.8) is 0 Å². The maximum Gasteiger partial charge on any atom is 0.174 e. The van der Waals surface area contributed by atoms with Gasteiger partial charge in [0.2, 0.25) is 0 Å². The summed E-state index contributed by atoms with van der Waals surface area (Å²) in [6.07, 6.45) is 1.84. The number of aromatic nitrogens is 2. The Hall–Kier alpha value is -3.84. The normalized spacial score (nSPS) is 17.2. The summed E-state index contributed by atoms with van der Waals surface area (Å²) in [6, 6.07) is 24.2. The van der Waals surface area contributed by atoms with E-state index in [0.29, 0.717) is 11.2 Å². The minimum atomic E-state index is -0.0787. The van der Waals surface area contributed by atoms with Crippen LogP contribution in [-0.4, -0.2) is 21.8 Å². The minimum absolute atomic E-state index is 0.0468. The second kappa shape index (κ2) is 10.3. The van der Waals surface area contributed by atoms with E-state index in [1.807, 2.05) is 54.7 Å². The highest BCUT2D eigenvalue weighted by Crippen LogP contribution is 2.44. The van der Waals surface area contributed by atoms with Gasteiger partial charge in [-0.1, -0.05) is 6.07 Å². The quantitative estimate of drug-likeness (QED) is 0.268. The second-order valence-electron chi connectivity index (χ2n) is 9.56. The summed E-state index contributed by atoms with van der Waals surface area (Å²) in [7, 11) is 1.65. The van der Waals surface area contributed by atoms with Gasteiger partial charge in [-0.15, -0.1) is 0 Å². The molecule has 1 saturated heterocycles. The summed E-state index contributed by atoms with van der Waals surface area (Å²) in [4.78, 5) is 6.89. The highest BCUT2D eigenvalue weighted by atomic mass is 32.1. The molecule has 190 valence electrons. The maximum atomic E-state index is 6.05. The van der Waals surface area contributed by atoms with Crippen molar-refractivity contribution < 1.29 is 9.47 Å². The van der Waals surface area contributed by atoms with Crippen LogP contribution in [0.4, 0.5) is 5.69 Å². The van der Waals surface area contributed by atoms with Crippen LogP contribution in [0, 0.1) is 13.8 Å². The fourth-order valence-corrected chi connectivity index (χ4v) is 5.65. The maximum absolute atomic E-state index is 6.05. The standard InChI is InChI=1S/C30H32N4O2S/c1-19(2)33-20(3)18-26(21(33)4)29-28(27-8-6-7-17-31-27)32-30(37)34(29)22-9-11-24(12-10-22)36-25-15-13-23(35-5)14-16-25/h6-19,28-29H,1-5H3,(H,32,37)/t28-,29+/m1/s1. The smallest absolute Gasteiger partial charge is 0.174 e. The molecule has 1 aliphatic rings. The zero-order valence-electron chi connectivity index (χ0n) is 21.8. The van der Waals surface area contributed by atoms with E-state index >= 15 is 0 Å². The van der Waals surface area contributed by atoms with Crippen LogP contribution in [0.3, 0.4) is 0 Å². The number of hydrogen-bond donors (Lipinski definition) is 1. The molecule has 4 aromatic rings. The van der Waals surface area contributed by atoms with Crippen LogP contribution in [0.5, 0.6) is 17.2 Å². The Labute approximate surface area is 223 Å². The van der Waals surface area contributed by atoms with Crippen LogP contribution >= 0.6 is 12.2 Å². The van der Waals surface area contributed by atoms with Gasteiger partial charge in [-0.2, -0.15) is 0 Å². The lowest BCUT2D eigenvalue weighted by molar-refractivity contribution is 0.413. The van der Waals surface area contributed by atoms with Gasteiger partial charge in [0.1, 0.15) is 17.2 Å². The van der Waals surface area contributed by atoms with E-state index in [1.165, 1.54) is 17.0 Å². The molecule has 1 aliphatic heterocycles. The molecule has 37 heavy (non-hydrogen) atoms. The van der Waals surface area contributed by atoms with Gasteiger partial charge in [0, 0.05) is 29.3 Å². The average molecular weight is 513 g/mol. The van der Waals surface area contributed by atoms with E-state index in [2.05, 4.69) is 71.7 Å². The van der Waals surface area contributed by atoms with Gasteiger partial charge in [-0.3, -0.25) is 4.98 Å². The summed E-state index contributed by atoms with van der Waals surface area (Å²) in [5, 5.41) is 4.24. The molecular weight excluding hydrogens is 480 g/mol. The third-order valence-electron chi connectivity index (χ3n) is 6.87. The van der Waals surface area contributed by atoms with Gasteiger partial charge >= 0.3 is 0 Å². The molecule has 1 N–H and O–H groups in total. The van der Waals surface area contributed by atoms with Crippen molar-refractivity contribution in [1.29, 1.82) is 0 Å². The molecule has 0 saturated carbocycles. The highest BCUT2D eigenvalue weighted by Gasteiger charge is 2.42. The summed E-state index contributed by atoms with van der Waals surface area (Å²) in [6.45, 7) is 8.81. The summed E-state index contributed by atoms with van der Waals surface area (Å²) in [5.74, 6) is 2.30. The second-order valence-corrected chi connectivity index (χ2v) is 9.95. The average Bonchev–Trinajstić information content (AvgIpc) is 3.40. The monoisotopic (exact) mass is 512 g/mol. The zero-order chi connectivity index (χ0) is 26.1. The SMILES string of the molecule is COc1ccc(Oc2ccc(N3C(=S)N[C@H](c4ccccn4)[C@@H]3c3cc(C)n(C(C)C)c3C)cc2)cc1. The predicted octanol–water partition coefficient (Wildman–Crippen LogP) is 7.06. The lowest BCUT2D eigenvalue weighted by atomic mass is 9.96. The number of ether oxygens (including phenoxy) is 2. The van der Waals surface area contributed by atoms with Crippen molar-refractivity contribution in [2.75, 3.05) is 12.0 Å². The topological polar surface area (TPSA) is 51.6 Å². The number of anilines is 1. The molecule has 6 nitrogen and oxygen atoms in total. The number of methoxy groups -OCH3 is 1. The van der Waals surface area contributed by atoms with E-state index in [0.717, 1.165) is 28.6 Å². The molecule has 3 heterocycles. The van der Waals surface area contributed by atoms with Gasteiger partial charge in [0.05, 0.1) is 24.9 Å². The van der Waals surface area contributed by atoms with Crippen LogP contribution in [0.2, 0.25) is 0 Å². The first-order chi connectivity index (χ1) is 17.9. The van der Waals surface area contributed by atoms with Crippen molar-refractivity contribution >= 4 is 23.0 Å². The Balaban J connectivity index is 1.51. The number of benzene rings is 2. The molecule has 2 aromatic carbocycles. The Morgan fingerprint density at radius 2 is 1.57 bits per heavy atom. The van der Waals surface area contributed by atoms with Crippen molar-refractivity contribution in [2.24, 2.45) is 0 Å². The molecular formula is C30H32N4O2S. The largest absolute Gasteiger partial charge is 0.497 e. The fraction of sp³-hybridized carbons (Fsp3) is 0.267. The summed E-state index contributed by atoms with van der Waals surface area (Å²) in [5.41, 5.74) is 5.69. The van der Waals surface area contributed by atoms with Crippen molar-refractivity contribution in [3.05, 3.63) is 102 Å². The lowest BCUT2D eigenvalue weighted by Crippen LogP contribution is -2.29. The summed E-state index contributed by atoms with van der Waals surface area (Å²) >= 11 is 5.91. The molecule has 2 atom stereocenters. The molecule has 0 radical (unpaired) electrons. The lowest BCUT2D eigenvalue weighted by Gasteiger charge is -2.28. The number of aryl methyl sites for hydroxylation is 1.